The average molecular weight is 316 g/mol. The van der Waals surface area contributed by atoms with Crippen molar-refractivity contribution in [1.82, 2.24) is 4.98 Å². The quantitative estimate of drug-likeness (QED) is 0.933. The molecule has 0 spiro atoms. The SMILES string of the molecule is O=C(Nc1nc2ccc(OC(F)(F)F)cc2s1)C1CCC1. The second kappa shape index (κ2) is 5.18. The first-order chi connectivity index (χ1) is 9.90. The predicted octanol–water partition coefficient (Wildman–Crippen LogP) is 3.93. The molecule has 0 unspecified atom stereocenters. The number of benzene rings is 1. The van der Waals surface area contributed by atoms with Crippen molar-refractivity contribution in [1.29, 1.82) is 0 Å². The van der Waals surface area contributed by atoms with Crippen LogP contribution in [0, 0.1) is 5.92 Å². The van der Waals surface area contributed by atoms with Crippen LogP contribution in [0.25, 0.3) is 10.2 Å². The van der Waals surface area contributed by atoms with Crippen LogP contribution in [-0.2, 0) is 4.79 Å². The van der Waals surface area contributed by atoms with E-state index in [9.17, 15) is 18.0 Å². The molecule has 1 aromatic carbocycles. The van der Waals surface area contributed by atoms with E-state index >= 15 is 0 Å². The third-order valence-corrected chi connectivity index (χ3v) is 4.23. The Labute approximate surface area is 121 Å². The van der Waals surface area contributed by atoms with E-state index in [0.717, 1.165) is 30.6 Å². The third kappa shape index (κ3) is 3.26. The number of nitrogens with one attached hydrogen (secondary N) is 1. The van der Waals surface area contributed by atoms with Crippen LogP contribution < -0.4 is 10.1 Å². The highest BCUT2D eigenvalue weighted by Crippen LogP contribution is 2.33. The van der Waals surface area contributed by atoms with Gasteiger partial charge >= 0.3 is 6.36 Å². The number of halogens is 3. The topological polar surface area (TPSA) is 51.2 Å². The molecule has 1 aromatic heterocycles. The van der Waals surface area contributed by atoms with Crippen LogP contribution in [-0.4, -0.2) is 17.3 Å². The molecule has 1 fully saturated rings. The molecule has 0 atom stereocenters. The number of rotatable bonds is 3. The molecule has 0 radical (unpaired) electrons. The summed E-state index contributed by atoms with van der Waals surface area (Å²) in [5.74, 6) is -0.344. The number of carbonyl (C=O) groups excluding carboxylic acids is 1. The third-order valence-electron chi connectivity index (χ3n) is 3.30. The Hall–Kier alpha value is -1.83. The summed E-state index contributed by atoms with van der Waals surface area (Å²) in [5.41, 5.74) is 0.526. The first-order valence-electron chi connectivity index (χ1n) is 6.38. The lowest BCUT2D eigenvalue weighted by atomic mass is 9.85. The van der Waals surface area contributed by atoms with E-state index in [2.05, 4.69) is 15.0 Å². The molecule has 4 nitrogen and oxygen atoms in total. The number of aromatic nitrogens is 1. The minimum Gasteiger partial charge on any atom is -0.406 e. The fraction of sp³-hybridized carbons (Fsp3) is 0.385. The highest BCUT2D eigenvalue weighted by molar-refractivity contribution is 7.22. The maximum atomic E-state index is 12.2. The van der Waals surface area contributed by atoms with Gasteiger partial charge in [-0.1, -0.05) is 17.8 Å². The van der Waals surface area contributed by atoms with Gasteiger partial charge in [0.05, 0.1) is 10.2 Å². The number of hydrogen-bond donors (Lipinski definition) is 1. The van der Waals surface area contributed by atoms with Gasteiger partial charge < -0.3 is 10.1 Å². The Balaban J connectivity index is 1.77. The van der Waals surface area contributed by atoms with Crippen LogP contribution >= 0.6 is 11.3 Å². The maximum absolute atomic E-state index is 12.2. The molecule has 3 rings (SSSR count). The van der Waals surface area contributed by atoms with Crippen molar-refractivity contribution in [2.24, 2.45) is 5.92 Å². The second-order valence-corrected chi connectivity index (χ2v) is 5.84. The maximum Gasteiger partial charge on any atom is 0.573 e. The van der Waals surface area contributed by atoms with Gasteiger partial charge in [0.25, 0.3) is 0 Å². The van der Waals surface area contributed by atoms with E-state index < -0.39 is 6.36 Å². The van der Waals surface area contributed by atoms with Gasteiger partial charge in [-0.05, 0) is 25.0 Å². The van der Waals surface area contributed by atoms with Crippen LogP contribution in [0.1, 0.15) is 19.3 Å². The van der Waals surface area contributed by atoms with E-state index in [0.29, 0.717) is 15.3 Å². The number of hydrogen-bond acceptors (Lipinski definition) is 4. The Morgan fingerprint density at radius 1 is 1.38 bits per heavy atom. The lowest BCUT2D eigenvalue weighted by molar-refractivity contribution is -0.274. The van der Waals surface area contributed by atoms with Crippen molar-refractivity contribution in [2.45, 2.75) is 25.6 Å². The highest BCUT2D eigenvalue weighted by atomic mass is 32.1. The van der Waals surface area contributed by atoms with Crippen molar-refractivity contribution in [3.8, 4) is 5.75 Å². The Kier molecular flexibility index (Phi) is 3.48. The molecule has 1 aliphatic rings. The number of carbonyl (C=O) groups is 1. The lowest BCUT2D eigenvalue weighted by Crippen LogP contribution is -2.27. The minimum atomic E-state index is -4.72. The Morgan fingerprint density at radius 2 is 2.14 bits per heavy atom. The monoisotopic (exact) mass is 316 g/mol. The molecule has 8 heteroatoms. The second-order valence-electron chi connectivity index (χ2n) is 4.81. The molecule has 0 bridgehead atoms. The first kappa shape index (κ1) is 14.1. The molecule has 21 heavy (non-hydrogen) atoms. The fourth-order valence-corrected chi connectivity index (χ4v) is 2.93. The number of ether oxygens (including phenoxy) is 1. The number of alkyl halides is 3. The van der Waals surface area contributed by atoms with Gasteiger partial charge in [0.2, 0.25) is 5.91 Å². The van der Waals surface area contributed by atoms with Crippen molar-refractivity contribution >= 4 is 32.6 Å². The first-order valence-corrected chi connectivity index (χ1v) is 7.19. The van der Waals surface area contributed by atoms with Gasteiger partial charge in [0.1, 0.15) is 5.75 Å². The van der Waals surface area contributed by atoms with Crippen LogP contribution in [0.15, 0.2) is 18.2 Å². The zero-order valence-corrected chi connectivity index (χ0v) is 11.6. The lowest BCUT2D eigenvalue weighted by Gasteiger charge is -2.23. The number of fused-ring (bicyclic) bond motifs is 1. The fourth-order valence-electron chi connectivity index (χ4n) is 2.03. The molecular formula is C13H11F3N2O2S. The Bertz CT molecular complexity index is 680. The summed E-state index contributed by atoms with van der Waals surface area (Å²) < 4.78 is 40.9. The number of nitrogens with zero attached hydrogens (tertiary/aromatic N) is 1. The van der Waals surface area contributed by atoms with E-state index in [1.54, 1.807) is 0 Å². The molecular weight excluding hydrogens is 305 g/mol. The van der Waals surface area contributed by atoms with E-state index in [4.69, 9.17) is 0 Å². The minimum absolute atomic E-state index is 0.0288. The van der Waals surface area contributed by atoms with Crippen molar-refractivity contribution < 1.29 is 22.7 Å². The summed E-state index contributed by atoms with van der Waals surface area (Å²) in [6, 6.07) is 3.90. The number of anilines is 1. The summed E-state index contributed by atoms with van der Waals surface area (Å²) in [7, 11) is 0. The van der Waals surface area contributed by atoms with Crippen molar-refractivity contribution in [2.75, 3.05) is 5.32 Å². The van der Waals surface area contributed by atoms with Crippen LogP contribution in [0.2, 0.25) is 0 Å². The molecule has 1 aliphatic carbocycles. The van der Waals surface area contributed by atoms with Gasteiger partial charge in [-0.2, -0.15) is 0 Å². The summed E-state index contributed by atoms with van der Waals surface area (Å²) in [5, 5.41) is 3.10. The molecule has 0 aliphatic heterocycles. The van der Waals surface area contributed by atoms with Crippen LogP contribution in [0.4, 0.5) is 18.3 Å². The standard InChI is InChI=1S/C13H11F3N2O2S/c14-13(15,16)20-8-4-5-9-10(6-8)21-12(17-9)18-11(19)7-2-1-3-7/h4-7H,1-3H2,(H,17,18,19). The summed E-state index contributed by atoms with van der Waals surface area (Å²) in [6.07, 6.45) is -1.92. The van der Waals surface area contributed by atoms with Gasteiger partial charge in [-0.25, -0.2) is 4.98 Å². The predicted molar refractivity (Wildman–Crippen MR) is 72.3 cm³/mol. The summed E-state index contributed by atoms with van der Waals surface area (Å²) in [4.78, 5) is 16.0. The zero-order valence-electron chi connectivity index (χ0n) is 10.7. The molecule has 1 saturated carbocycles. The zero-order chi connectivity index (χ0) is 15.0. The van der Waals surface area contributed by atoms with Crippen LogP contribution in [0.3, 0.4) is 0 Å². The van der Waals surface area contributed by atoms with E-state index in [1.807, 2.05) is 0 Å². The molecule has 0 saturated heterocycles. The van der Waals surface area contributed by atoms with Crippen molar-refractivity contribution in [3.05, 3.63) is 18.2 Å². The Morgan fingerprint density at radius 3 is 2.76 bits per heavy atom. The molecule has 1 heterocycles. The van der Waals surface area contributed by atoms with Gasteiger partial charge in [-0.3, -0.25) is 4.79 Å². The normalized spacial score (nSPS) is 15.8. The van der Waals surface area contributed by atoms with E-state index in [-0.39, 0.29) is 17.6 Å². The number of amides is 1. The number of thiazole rings is 1. The molecule has 1 amide bonds. The van der Waals surface area contributed by atoms with E-state index in [1.165, 1.54) is 18.2 Å². The molecule has 112 valence electrons. The van der Waals surface area contributed by atoms with Gasteiger partial charge in [0, 0.05) is 12.0 Å². The average Bonchev–Trinajstić information content (AvgIpc) is 2.65. The molecule has 1 N–H and O–H groups in total. The van der Waals surface area contributed by atoms with Gasteiger partial charge in [-0.15, -0.1) is 13.2 Å². The highest BCUT2D eigenvalue weighted by Gasteiger charge is 2.31. The summed E-state index contributed by atoms with van der Waals surface area (Å²) >= 11 is 1.13. The summed E-state index contributed by atoms with van der Waals surface area (Å²) in [6.45, 7) is 0. The molecule has 2 aromatic rings. The van der Waals surface area contributed by atoms with Crippen LogP contribution in [0.5, 0.6) is 5.75 Å². The van der Waals surface area contributed by atoms with Crippen molar-refractivity contribution in [3.63, 3.8) is 0 Å². The largest absolute Gasteiger partial charge is 0.573 e. The smallest absolute Gasteiger partial charge is 0.406 e. The van der Waals surface area contributed by atoms with Gasteiger partial charge in [0.15, 0.2) is 5.13 Å².